The van der Waals surface area contributed by atoms with Crippen LogP contribution in [0.2, 0.25) is 5.02 Å². The molecule has 4 nitrogen and oxygen atoms in total. The zero-order chi connectivity index (χ0) is 18.2. The van der Waals surface area contributed by atoms with Crippen molar-refractivity contribution in [1.82, 2.24) is 5.32 Å². The molecule has 0 unspecified atom stereocenters. The normalized spacial score (nSPS) is 11.7. The number of ether oxygens (including phenoxy) is 2. The maximum absolute atomic E-state index is 12.5. The number of hydrogen-bond acceptors (Lipinski definition) is 3. The first kappa shape index (κ1) is 19.1. The van der Waals surface area contributed by atoms with Gasteiger partial charge in [0.15, 0.2) is 6.10 Å². The summed E-state index contributed by atoms with van der Waals surface area (Å²) in [5, 5.41) is 3.60. The van der Waals surface area contributed by atoms with Crippen molar-refractivity contribution in [3.05, 3.63) is 58.6 Å². The van der Waals surface area contributed by atoms with Gasteiger partial charge >= 0.3 is 0 Å². The lowest BCUT2D eigenvalue weighted by molar-refractivity contribution is -0.128. The van der Waals surface area contributed by atoms with Gasteiger partial charge in [0.1, 0.15) is 11.5 Å². The number of carbonyl (C=O) groups is 1. The molecule has 0 bridgehead atoms. The summed E-state index contributed by atoms with van der Waals surface area (Å²) in [5.41, 5.74) is 1.86. The topological polar surface area (TPSA) is 47.6 Å². The predicted octanol–water partition coefficient (Wildman–Crippen LogP) is 4.52. The summed E-state index contributed by atoms with van der Waals surface area (Å²) in [5.74, 6) is 1.27. The molecule has 1 N–H and O–H groups in total. The molecular weight excluding hydrogens is 338 g/mol. The van der Waals surface area contributed by atoms with Crippen LogP contribution in [-0.4, -0.2) is 18.6 Å². The number of amides is 1. The molecule has 0 heterocycles. The second-order valence-electron chi connectivity index (χ2n) is 5.68. The van der Waals surface area contributed by atoms with Gasteiger partial charge in [0.2, 0.25) is 0 Å². The molecule has 0 aliphatic heterocycles. The molecular formula is C20H24ClNO3. The summed E-state index contributed by atoms with van der Waals surface area (Å²) in [6, 6.07) is 13.1. The highest BCUT2D eigenvalue weighted by Crippen LogP contribution is 2.22. The Morgan fingerprint density at radius 1 is 1.20 bits per heavy atom. The van der Waals surface area contributed by atoms with Gasteiger partial charge in [0.05, 0.1) is 6.61 Å². The highest BCUT2D eigenvalue weighted by Gasteiger charge is 2.19. The molecule has 0 radical (unpaired) electrons. The van der Waals surface area contributed by atoms with Crippen molar-refractivity contribution in [2.75, 3.05) is 6.61 Å². The van der Waals surface area contributed by atoms with Gasteiger partial charge in [-0.1, -0.05) is 36.7 Å². The molecule has 25 heavy (non-hydrogen) atoms. The van der Waals surface area contributed by atoms with Gasteiger partial charge in [0, 0.05) is 17.1 Å². The largest absolute Gasteiger partial charge is 0.494 e. The van der Waals surface area contributed by atoms with Crippen molar-refractivity contribution in [3.8, 4) is 11.5 Å². The summed E-state index contributed by atoms with van der Waals surface area (Å²) in [6.45, 7) is 6.74. The highest BCUT2D eigenvalue weighted by molar-refractivity contribution is 6.31. The van der Waals surface area contributed by atoms with Crippen molar-refractivity contribution in [1.29, 1.82) is 0 Å². The molecule has 2 rings (SSSR count). The van der Waals surface area contributed by atoms with E-state index in [2.05, 4.69) is 5.32 Å². The SMILES string of the molecule is CCOc1ccccc1CNC(=O)[C@H](CC)Oc1ccc(Cl)c(C)c1. The summed E-state index contributed by atoms with van der Waals surface area (Å²) < 4.78 is 11.4. The van der Waals surface area contributed by atoms with Gasteiger partial charge < -0.3 is 14.8 Å². The summed E-state index contributed by atoms with van der Waals surface area (Å²) in [6.07, 6.45) is 0.0143. The first-order valence-electron chi connectivity index (χ1n) is 8.46. The van der Waals surface area contributed by atoms with Crippen LogP contribution in [0.4, 0.5) is 0 Å². The lowest BCUT2D eigenvalue weighted by atomic mass is 10.2. The summed E-state index contributed by atoms with van der Waals surface area (Å²) >= 11 is 6.02. The van der Waals surface area contributed by atoms with Crippen molar-refractivity contribution in [2.45, 2.75) is 39.8 Å². The Balaban J connectivity index is 1.99. The van der Waals surface area contributed by atoms with Crippen molar-refractivity contribution < 1.29 is 14.3 Å². The van der Waals surface area contributed by atoms with Crippen LogP contribution in [-0.2, 0) is 11.3 Å². The van der Waals surface area contributed by atoms with Crippen LogP contribution in [0.1, 0.15) is 31.4 Å². The molecule has 1 amide bonds. The van der Waals surface area contributed by atoms with Crippen LogP contribution in [0.3, 0.4) is 0 Å². The standard InChI is InChI=1S/C20H24ClNO3/c1-4-18(25-16-10-11-17(21)14(3)12-16)20(23)22-13-15-8-6-7-9-19(15)24-5-2/h6-12,18H,4-5,13H2,1-3H3,(H,22,23)/t18-/m0/s1. The quantitative estimate of drug-likeness (QED) is 0.751. The van der Waals surface area contributed by atoms with Crippen LogP contribution in [0.25, 0.3) is 0 Å². The fraction of sp³-hybridized carbons (Fsp3) is 0.350. The molecule has 2 aromatic rings. The first-order chi connectivity index (χ1) is 12.0. The van der Waals surface area contributed by atoms with E-state index in [1.165, 1.54) is 0 Å². The predicted molar refractivity (Wildman–Crippen MR) is 100 cm³/mol. The number of rotatable bonds is 8. The van der Waals surface area contributed by atoms with E-state index in [0.717, 1.165) is 16.9 Å². The van der Waals surface area contributed by atoms with Crippen molar-refractivity contribution in [2.24, 2.45) is 0 Å². The Morgan fingerprint density at radius 3 is 2.64 bits per heavy atom. The van der Waals surface area contributed by atoms with Crippen LogP contribution in [0.15, 0.2) is 42.5 Å². The number of para-hydroxylation sites is 1. The van der Waals surface area contributed by atoms with E-state index < -0.39 is 6.10 Å². The summed E-state index contributed by atoms with van der Waals surface area (Å²) in [4.78, 5) is 12.5. The molecule has 1 atom stereocenters. The Hall–Kier alpha value is -2.20. The molecule has 0 aliphatic carbocycles. The van der Waals surface area contributed by atoms with Crippen LogP contribution in [0, 0.1) is 6.92 Å². The average molecular weight is 362 g/mol. The van der Waals surface area contributed by atoms with E-state index >= 15 is 0 Å². The Morgan fingerprint density at radius 2 is 1.96 bits per heavy atom. The number of benzene rings is 2. The van der Waals surface area contributed by atoms with Gasteiger partial charge in [-0.25, -0.2) is 0 Å². The maximum atomic E-state index is 12.5. The third-order valence-corrected chi connectivity index (χ3v) is 4.22. The summed E-state index contributed by atoms with van der Waals surface area (Å²) in [7, 11) is 0. The maximum Gasteiger partial charge on any atom is 0.261 e. The second kappa shape index (κ2) is 9.33. The molecule has 134 valence electrons. The van der Waals surface area contributed by atoms with E-state index in [9.17, 15) is 4.79 Å². The highest BCUT2D eigenvalue weighted by atomic mass is 35.5. The lowest BCUT2D eigenvalue weighted by Crippen LogP contribution is -2.37. The van der Waals surface area contributed by atoms with Gasteiger partial charge in [-0.3, -0.25) is 4.79 Å². The first-order valence-corrected chi connectivity index (χ1v) is 8.84. The van der Waals surface area contributed by atoms with Crippen LogP contribution < -0.4 is 14.8 Å². The zero-order valence-corrected chi connectivity index (χ0v) is 15.6. The Bertz CT molecular complexity index is 718. The molecule has 2 aromatic carbocycles. The van der Waals surface area contributed by atoms with E-state index in [1.54, 1.807) is 12.1 Å². The number of nitrogens with one attached hydrogen (secondary N) is 1. The van der Waals surface area contributed by atoms with Gasteiger partial charge in [-0.05, 0) is 50.1 Å². The van der Waals surface area contributed by atoms with E-state index in [0.29, 0.717) is 30.3 Å². The molecule has 0 saturated heterocycles. The van der Waals surface area contributed by atoms with Crippen molar-refractivity contribution >= 4 is 17.5 Å². The minimum Gasteiger partial charge on any atom is -0.494 e. The molecule has 0 fully saturated rings. The second-order valence-corrected chi connectivity index (χ2v) is 6.09. The fourth-order valence-corrected chi connectivity index (χ4v) is 2.54. The molecule has 5 heteroatoms. The third-order valence-electron chi connectivity index (χ3n) is 3.80. The molecule has 0 spiro atoms. The minimum absolute atomic E-state index is 0.151. The minimum atomic E-state index is -0.556. The number of halogens is 1. The monoisotopic (exact) mass is 361 g/mol. The van der Waals surface area contributed by atoms with Gasteiger partial charge in [-0.15, -0.1) is 0 Å². The molecule has 0 saturated carbocycles. The van der Waals surface area contributed by atoms with Crippen molar-refractivity contribution in [3.63, 3.8) is 0 Å². The molecule has 0 aliphatic rings. The van der Waals surface area contributed by atoms with Crippen LogP contribution >= 0.6 is 11.6 Å². The number of carbonyl (C=O) groups excluding carboxylic acids is 1. The fourth-order valence-electron chi connectivity index (χ4n) is 2.42. The van der Waals surface area contributed by atoms with Crippen LogP contribution in [0.5, 0.6) is 11.5 Å². The lowest BCUT2D eigenvalue weighted by Gasteiger charge is -2.18. The molecule has 0 aromatic heterocycles. The zero-order valence-electron chi connectivity index (χ0n) is 14.8. The van der Waals surface area contributed by atoms with E-state index in [1.807, 2.05) is 51.1 Å². The Labute approximate surface area is 154 Å². The van der Waals surface area contributed by atoms with Gasteiger partial charge in [0.25, 0.3) is 5.91 Å². The smallest absolute Gasteiger partial charge is 0.261 e. The Kier molecular flexibility index (Phi) is 7.14. The number of aryl methyl sites for hydroxylation is 1. The van der Waals surface area contributed by atoms with E-state index in [-0.39, 0.29) is 5.91 Å². The van der Waals surface area contributed by atoms with Gasteiger partial charge in [-0.2, -0.15) is 0 Å². The average Bonchev–Trinajstić information content (AvgIpc) is 2.62. The number of hydrogen-bond donors (Lipinski definition) is 1. The van der Waals surface area contributed by atoms with E-state index in [4.69, 9.17) is 21.1 Å². The third kappa shape index (κ3) is 5.40.